The fraction of sp³-hybridized carbons (Fsp3) is 0.667. The highest BCUT2D eigenvalue weighted by Crippen LogP contribution is 2.29. The second kappa shape index (κ2) is 8.16. The van der Waals surface area contributed by atoms with Gasteiger partial charge in [-0.15, -0.1) is 0 Å². The molecule has 0 saturated carbocycles. The van der Waals surface area contributed by atoms with Crippen molar-refractivity contribution < 1.29 is 4.74 Å². The van der Waals surface area contributed by atoms with Crippen LogP contribution < -0.4 is 15.4 Å². The SMILES string of the molecule is CCCOc1cc(N)cc(N2CCCC(CCC)CC2)c1. The zero-order valence-electron chi connectivity index (χ0n) is 13.6. The first-order valence-electron chi connectivity index (χ1n) is 8.51. The summed E-state index contributed by atoms with van der Waals surface area (Å²) in [5.74, 6) is 1.80. The van der Waals surface area contributed by atoms with Gasteiger partial charge in [-0.2, -0.15) is 0 Å². The normalized spacial score (nSPS) is 19.3. The average Bonchev–Trinajstić information content (AvgIpc) is 2.71. The van der Waals surface area contributed by atoms with Crippen LogP contribution in [0.3, 0.4) is 0 Å². The Kier molecular flexibility index (Phi) is 6.21. The molecule has 0 bridgehead atoms. The van der Waals surface area contributed by atoms with E-state index in [-0.39, 0.29) is 0 Å². The van der Waals surface area contributed by atoms with Crippen LogP contribution in [-0.4, -0.2) is 19.7 Å². The lowest BCUT2D eigenvalue weighted by atomic mass is 9.96. The van der Waals surface area contributed by atoms with Crippen molar-refractivity contribution in [2.75, 3.05) is 30.3 Å². The molecule has 0 radical (unpaired) electrons. The number of nitrogens with two attached hydrogens (primary N) is 1. The van der Waals surface area contributed by atoms with Crippen molar-refractivity contribution in [1.29, 1.82) is 0 Å². The smallest absolute Gasteiger partial charge is 0.123 e. The molecule has 0 amide bonds. The molecule has 1 unspecified atom stereocenters. The molecule has 1 aliphatic rings. The van der Waals surface area contributed by atoms with Crippen LogP contribution in [0.5, 0.6) is 5.75 Å². The van der Waals surface area contributed by atoms with E-state index in [0.717, 1.165) is 43.5 Å². The minimum atomic E-state index is 0.751. The van der Waals surface area contributed by atoms with Crippen LogP contribution in [0.4, 0.5) is 11.4 Å². The molecule has 1 fully saturated rings. The fourth-order valence-corrected chi connectivity index (χ4v) is 3.21. The maximum absolute atomic E-state index is 6.05. The first-order valence-corrected chi connectivity index (χ1v) is 8.51. The van der Waals surface area contributed by atoms with Gasteiger partial charge < -0.3 is 15.4 Å². The third-order valence-corrected chi connectivity index (χ3v) is 4.30. The quantitative estimate of drug-likeness (QED) is 0.786. The van der Waals surface area contributed by atoms with Gasteiger partial charge in [0, 0.05) is 36.6 Å². The van der Waals surface area contributed by atoms with Crippen molar-refractivity contribution in [3.05, 3.63) is 18.2 Å². The number of rotatable bonds is 6. The van der Waals surface area contributed by atoms with E-state index in [2.05, 4.69) is 30.9 Å². The van der Waals surface area contributed by atoms with Crippen molar-refractivity contribution in [3.8, 4) is 5.75 Å². The molecular formula is C18H30N2O. The summed E-state index contributed by atoms with van der Waals surface area (Å²) < 4.78 is 5.75. The zero-order chi connectivity index (χ0) is 15.1. The highest BCUT2D eigenvalue weighted by molar-refractivity contribution is 5.60. The van der Waals surface area contributed by atoms with Crippen molar-refractivity contribution in [1.82, 2.24) is 0 Å². The van der Waals surface area contributed by atoms with Gasteiger partial charge in [-0.3, -0.25) is 0 Å². The van der Waals surface area contributed by atoms with Gasteiger partial charge in [0.2, 0.25) is 0 Å². The molecular weight excluding hydrogens is 260 g/mol. The average molecular weight is 290 g/mol. The molecule has 2 N–H and O–H groups in total. The number of nitrogens with zero attached hydrogens (tertiary/aromatic N) is 1. The Hall–Kier alpha value is -1.38. The predicted molar refractivity (Wildman–Crippen MR) is 91.1 cm³/mol. The molecule has 0 spiro atoms. The summed E-state index contributed by atoms with van der Waals surface area (Å²) in [5.41, 5.74) is 8.06. The highest BCUT2D eigenvalue weighted by atomic mass is 16.5. The second-order valence-electron chi connectivity index (χ2n) is 6.18. The summed E-state index contributed by atoms with van der Waals surface area (Å²) in [5, 5.41) is 0. The Morgan fingerprint density at radius 2 is 2.00 bits per heavy atom. The molecule has 1 saturated heterocycles. The fourth-order valence-electron chi connectivity index (χ4n) is 3.21. The maximum atomic E-state index is 6.05. The largest absolute Gasteiger partial charge is 0.493 e. The number of hydrogen-bond donors (Lipinski definition) is 1. The second-order valence-corrected chi connectivity index (χ2v) is 6.18. The van der Waals surface area contributed by atoms with Crippen LogP contribution in [0.1, 0.15) is 52.4 Å². The van der Waals surface area contributed by atoms with Gasteiger partial charge in [0.25, 0.3) is 0 Å². The lowest BCUT2D eigenvalue weighted by Gasteiger charge is -2.24. The minimum Gasteiger partial charge on any atom is -0.493 e. The number of benzene rings is 1. The first-order chi connectivity index (χ1) is 10.2. The standard InChI is InChI=1S/C18H30N2O/c1-3-6-15-7-5-9-20(10-8-15)17-12-16(19)13-18(14-17)21-11-4-2/h12-15H,3-11,19H2,1-2H3. The van der Waals surface area contributed by atoms with Gasteiger partial charge in [0.05, 0.1) is 6.61 Å². The van der Waals surface area contributed by atoms with Crippen LogP contribution in [0.2, 0.25) is 0 Å². The molecule has 0 aromatic heterocycles. The van der Waals surface area contributed by atoms with Gasteiger partial charge in [-0.1, -0.05) is 26.7 Å². The molecule has 1 aromatic rings. The van der Waals surface area contributed by atoms with Gasteiger partial charge in [0.15, 0.2) is 0 Å². The van der Waals surface area contributed by atoms with Crippen LogP contribution in [0.15, 0.2) is 18.2 Å². The molecule has 118 valence electrons. The third-order valence-electron chi connectivity index (χ3n) is 4.30. The van der Waals surface area contributed by atoms with Gasteiger partial charge in [0.1, 0.15) is 5.75 Å². The van der Waals surface area contributed by atoms with E-state index in [9.17, 15) is 0 Å². The number of anilines is 2. The molecule has 21 heavy (non-hydrogen) atoms. The zero-order valence-corrected chi connectivity index (χ0v) is 13.6. The number of hydrogen-bond acceptors (Lipinski definition) is 3. The summed E-state index contributed by atoms with van der Waals surface area (Å²) in [6, 6.07) is 6.15. The lowest BCUT2D eigenvalue weighted by molar-refractivity contribution is 0.317. The molecule has 1 aromatic carbocycles. The van der Waals surface area contributed by atoms with E-state index in [4.69, 9.17) is 10.5 Å². The summed E-state index contributed by atoms with van der Waals surface area (Å²) in [6.45, 7) is 7.44. The maximum Gasteiger partial charge on any atom is 0.123 e. The van der Waals surface area contributed by atoms with E-state index in [1.807, 2.05) is 6.07 Å². The van der Waals surface area contributed by atoms with Gasteiger partial charge in [-0.05, 0) is 37.7 Å². The Morgan fingerprint density at radius 3 is 2.76 bits per heavy atom. The molecule has 1 atom stereocenters. The molecule has 1 aliphatic heterocycles. The topological polar surface area (TPSA) is 38.5 Å². The molecule has 0 aliphatic carbocycles. The Bertz CT molecular complexity index is 433. The monoisotopic (exact) mass is 290 g/mol. The van der Waals surface area contributed by atoms with Gasteiger partial charge >= 0.3 is 0 Å². The van der Waals surface area contributed by atoms with Crippen LogP contribution in [0.25, 0.3) is 0 Å². The highest BCUT2D eigenvalue weighted by Gasteiger charge is 2.17. The summed E-state index contributed by atoms with van der Waals surface area (Å²) in [6.07, 6.45) is 7.64. The predicted octanol–water partition coefficient (Wildman–Crippen LogP) is 4.46. The lowest BCUT2D eigenvalue weighted by Crippen LogP contribution is -2.24. The van der Waals surface area contributed by atoms with Crippen molar-refractivity contribution in [3.63, 3.8) is 0 Å². The molecule has 1 heterocycles. The van der Waals surface area contributed by atoms with E-state index in [1.54, 1.807) is 0 Å². The Morgan fingerprint density at radius 1 is 1.14 bits per heavy atom. The number of nitrogen functional groups attached to an aromatic ring is 1. The van der Waals surface area contributed by atoms with E-state index in [0.29, 0.717) is 0 Å². The van der Waals surface area contributed by atoms with E-state index in [1.165, 1.54) is 37.8 Å². The van der Waals surface area contributed by atoms with Gasteiger partial charge in [-0.25, -0.2) is 0 Å². The van der Waals surface area contributed by atoms with Crippen molar-refractivity contribution >= 4 is 11.4 Å². The van der Waals surface area contributed by atoms with E-state index < -0.39 is 0 Å². The van der Waals surface area contributed by atoms with E-state index >= 15 is 0 Å². The molecule has 3 nitrogen and oxygen atoms in total. The Labute approximate surface area is 129 Å². The van der Waals surface area contributed by atoms with Crippen LogP contribution in [0, 0.1) is 5.92 Å². The molecule has 2 rings (SSSR count). The summed E-state index contributed by atoms with van der Waals surface area (Å²) >= 11 is 0. The summed E-state index contributed by atoms with van der Waals surface area (Å²) in [7, 11) is 0. The summed E-state index contributed by atoms with van der Waals surface area (Å²) in [4.78, 5) is 2.48. The van der Waals surface area contributed by atoms with Crippen LogP contribution >= 0.6 is 0 Å². The first kappa shape index (κ1) is 16.0. The number of ether oxygens (including phenoxy) is 1. The molecule has 3 heteroatoms. The van der Waals surface area contributed by atoms with Crippen LogP contribution in [-0.2, 0) is 0 Å². The Balaban J connectivity index is 2.04. The van der Waals surface area contributed by atoms with Crippen molar-refractivity contribution in [2.24, 2.45) is 5.92 Å². The third kappa shape index (κ3) is 4.83. The van der Waals surface area contributed by atoms with Crippen molar-refractivity contribution in [2.45, 2.75) is 52.4 Å². The minimum absolute atomic E-state index is 0.751.